The SMILES string of the molecule is COc1ccc(-c2noc(-c3ccnc(N)c3)n2)nn1. The van der Waals surface area contributed by atoms with Crippen molar-refractivity contribution in [2.45, 2.75) is 0 Å². The van der Waals surface area contributed by atoms with Crippen LogP contribution in [0.15, 0.2) is 35.0 Å². The number of methoxy groups -OCH3 is 1. The van der Waals surface area contributed by atoms with Crippen LogP contribution in [0.3, 0.4) is 0 Å². The van der Waals surface area contributed by atoms with Crippen LogP contribution < -0.4 is 10.5 Å². The molecule has 0 aliphatic rings. The first-order valence-corrected chi connectivity index (χ1v) is 5.70. The molecule has 0 bridgehead atoms. The molecule has 0 aliphatic carbocycles. The van der Waals surface area contributed by atoms with Gasteiger partial charge in [-0.2, -0.15) is 4.98 Å². The molecule has 2 N–H and O–H groups in total. The monoisotopic (exact) mass is 270 g/mol. The van der Waals surface area contributed by atoms with Crippen LogP contribution in [0, 0.1) is 0 Å². The number of nitrogens with zero attached hydrogens (tertiary/aromatic N) is 5. The largest absolute Gasteiger partial charge is 0.480 e. The molecule has 0 aromatic carbocycles. The Bertz CT molecular complexity index is 725. The lowest BCUT2D eigenvalue weighted by Crippen LogP contribution is -1.93. The van der Waals surface area contributed by atoms with Crippen LogP contribution in [-0.4, -0.2) is 32.4 Å². The highest BCUT2D eigenvalue weighted by Gasteiger charge is 2.12. The molecule has 0 amide bonds. The Hall–Kier alpha value is -3.03. The molecule has 100 valence electrons. The van der Waals surface area contributed by atoms with E-state index >= 15 is 0 Å². The Morgan fingerprint density at radius 2 is 2.10 bits per heavy atom. The maximum absolute atomic E-state index is 5.61. The lowest BCUT2D eigenvalue weighted by molar-refractivity contribution is 0.392. The van der Waals surface area contributed by atoms with Crippen molar-refractivity contribution in [3.05, 3.63) is 30.5 Å². The van der Waals surface area contributed by atoms with Crippen LogP contribution in [0.5, 0.6) is 5.88 Å². The fourth-order valence-electron chi connectivity index (χ4n) is 1.57. The second-order valence-electron chi connectivity index (χ2n) is 3.85. The maximum atomic E-state index is 5.61. The summed E-state index contributed by atoms with van der Waals surface area (Å²) >= 11 is 0. The Morgan fingerprint density at radius 3 is 2.80 bits per heavy atom. The Morgan fingerprint density at radius 1 is 1.20 bits per heavy atom. The number of hydrogen-bond donors (Lipinski definition) is 1. The summed E-state index contributed by atoms with van der Waals surface area (Å²) in [7, 11) is 1.52. The predicted octanol–water partition coefficient (Wildman–Crippen LogP) is 1.18. The van der Waals surface area contributed by atoms with Gasteiger partial charge in [0.25, 0.3) is 5.89 Å². The number of hydrogen-bond acceptors (Lipinski definition) is 8. The first-order chi connectivity index (χ1) is 9.76. The zero-order chi connectivity index (χ0) is 13.9. The highest BCUT2D eigenvalue weighted by Crippen LogP contribution is 2.21. The molecule has 3 aromatic rings. The second-order valence-corrected chi connectivity index (χ2v) is 3.85. The molecule has 8 nitrogen and oxygen atoms in total. The molecule has 3 rings (SSSR count). The number of anilines is 1. The van der Waals surface area contributed by atoms with Crippen molar-refractivity contribution in [2.75, 3.05) is 12.8 Å². The van der Waals surface area contributed by atoms with Gasteiger partial charge in [0.1, 0.15) is 11.5 Å². The van der Waals surface area contributed by atoms with Gasteiger partial charge >= 0.3 is 0 Å². The zero-order valence-electron chi connectivity index (χ0n) is 10.5. The van der Waals surface area contributed by atoms with Crippen LogP contribution in [0.1, 0.15) is 0 Å². The van der Waals surface area contributed by atoms with E-state index in [9.17, 15) is 0 Å². The molecule has 0 unspecified atom stereocenters. The summed E-state index contributed by atoms with van der Waals surface area (Å²) in [5, 5.41) is 11.7. The Kier molecular flexibility index (Phi) is 2.96. The number of pyridine rings is 1. The lowest BCUT2D eigenvalue weighted by Gasteiger charge is -1.96. The highest BCUT2D eigenvalue weighted by atomic mass is 16.5. The third-order valence-electron chi connectivity index (χ3n) is 2.53. The number of aromatic nitrogens is 5. The molecule has 0 spiro atoms. The molecule has 3 aromatic heterocycles. The fraction of sp³-hybridized carbons (Fsp3) is 0.0833. The van der Waals surface area contributed by atoms with E-state index in [0.717, 1.165) is 0 Å². The van der Waals surface area contributed by atoms with Crippen molar-refractivity contribution in [3.63, 3.8) is 0 Å². The average Bonchev–Trinajstić information content (AvgIpc) is 2.97. The van der Waals surface area contributed by atoms with Crippen molar-refractivity contribution in [2.24, 2.45) is 0 Å². The summed E-state index contributed by atoms with van der Waals surface area (Å²) in [6.07, 6.45) is 1.57. The van der Waals surface area contributed by atoms with Gasteiger partial charge in [-0.25, -0.2) is 4.98 Å². The molecule has 8 heteroatoms. The van der Waals surface area contributed by atoms with E-state index in [4.69, 9.17) is 15.0 Å². The van der Waals surface area contributed by atoms with Gasteiger partial charge in [0.05, 0.1) is 7.11 Å². The van der Waals surface area contributed by atoms with E-state index in [0.29, 0.717) is 34.7 Å². The maximum Gasteiger partial charge on any atom is 0.258 e. The van der Waals surface area contributed by atoms with Crippen molar-refractivity contribution in [3.8, 4) is 28.9 Å². The van der Waals surface area contributed by atoms with E-state index in [-0.39, 0.29) is 0 Å². The highest BCUT2D eigenvalue weighted by molar-refractivity contribution is 5.59. The first-order valence-electron chi connectivity index (χ1n) is 5.70. The van der Waals surface area contributed by atoms with Crippen molar-refractivity contribution >= 4 is 5.82 Å². The van der Waals surface area contributed by atoms with Crippen LogP contribution in [0.2, 0.25) is 0 Å². The number of rotatable bonds is 3. The molecule has 0 saturated carbocycles. The Balaban J connectivity index is 1.93. The van der Waals surface area contributed by atoms with Gasteiger partial charge in [-0.05, 0) is 18.2 Å². The zero-order valence-corrected chi connectivity index (χ0v) is 10.5. The third kappa shape index (κ3) is 2.26. The van der Waals surface area contributed by atoms with Gasteiger partial charge < -0.3 is 15.0 Å². The summed E-state index contributed by atoms with van der Waals surface area (Å²) in [5.74, 6) is 1.48. The summed E-state index contributed by atoms with van der Waals surface area (Å²) in [6, 6.07) is 6.74. The lowest BCUT2D eigenvalue weighted by atomic mass is 10.2. The summed E-state index contributed by atoms with van der Waals surface area (Å²) < 4.78 is 10.1. The summed E-state index contributed by atoms with van der Waals surface area (Å²) in [4.78, 5) is 8.14. The smallest absolute Gasteiger partial charge is 0.258 e. The standard InChI is InChI=1S/C12H10N6O2/c1-19-10-3-2-8(16-17-10)11-15-12(20-18-11)7-4-5-14-9(13)6-7/h2-6H,1H3,(H2,13,14). The van der Waals surface area contributed by atoms with Crippen molar-refractivity contribution in [1.82, 2.24) is 25.3 Å². The van der Waals surface area contributed by atoms with Crippen LogP contribution in [0.4, 0.5) is 5.82 Å². The van der Waals surface area contributed by atoms with E-state index in [2.05, 4.69) is 25.3 Å². The van der Waals surface area contributed by atoms with Crippen molar-refractivity contribution in [1.29, 1.82) is 0 Å². The first kappa shape index (κ1) is 12.0. The molecule has 0 aliphatic heterocycles. The number of ether oxygens (including phenoxy) is 1. The minimum absolute atomic E-state index is 0.338. The molecule has 20 heavy (non-hydrogen) atoms. The molecule has 0 fully saturated rings. The summed E-state index contributed by atoms with van der Waals surface area (Å²) in [6.45, 7) is 0. The Labute approximate surface area is 113 Å². The van der Waals surface area contributed by atoms with E-state index < -0.39 is 0 Å². The second kappa shape index (κ2) is 4.92. The van der Waals surface area contributed by atoms with Gasteiger partial charge in [0.2, 0.25) is 11.7 Å². The predicted molar refractivity (Wildman–Crippen MR) is 69.5 cm³/mol. The van der Waals surface area contributed by atoms with Crippen LogP contribution in [0.25, 0.3) is 23.0 Å². The van der Waals surface area contributed by atoms with E-state index in [1.54, 1.807) is 30.5 Å². The molecule has 0 saturated heterocycles. The number of nitrogens with two attached hydrogens (primary N) is 1. The van der Waals surface area contributed by atoms with Crippen LogP contribution >= 0.6 is 0 Å². The van der Waals surface area contributed by atoms with E-state index in [1.807, 2.05) is 0 Å². The topological polar surface area (TPSA) is 113 Å². The molecule has 0 radical (unpaired) electrons. The molecule has 3 heterocycles. The van der Waals surface area contributed by atoms with Crippen LogP contribution in [-0.2, 0) is 0 Å². The average molecular weight is 270 g/mol. The quantitative estimate of drug-likeness (QED) is 0.754. The third-order valence-corrected chi connectivity index (χ3v) is 2.53. The molecular formula is C12H10N6O2. The van der Waals surface area contributed by atoms with E-state index in [1.165, 1.54) is 7.11 Å². The normalized spacial score (nSPS) is 10.4. The fourth-order valence-corrected chi connectivity index (χ4v) is 1.57. The minimum atomic E-state index is 0.338. The summed E-state index contributed by atoms with van der Waals surface area (Å²) in [5.41, 5.74) is 6.79. The van der Waals surface area contributed by atoms with Gasteiger partial charge in [-0.15, -0.1) is 10.2 Å². The van der Waals surface area contributed by atoms with Gasteiger partial charge in [0.15, 0.2) is 0 Å². The minimum Gasteiger partial charge on any atom is -0.480 e. The molecule has 0 atom stereocenters. The van der Waals surface area contributed by atoms with Gasteiger partial charge in [0, 0.05) is 17.8 Å². The van der Waals surface area contributed by atoms with Gasteiger partial charge in [-0.3, -0.25) is 0 Å². The van der Waals surface area contributed by atoms with Crippen molar-refractivity contribution < 1.29 is 9.26 Å². The molecular weight excluding hydrogens is 260 g/mol. The van der Waals surface area contributed by atoms with Gasteiger partial charge in [-0.1, -0.05) is 5.16 Å². The number of nitrogen functional groups attached to an aromatic ring is 1.